The van der Waals surface area contributed by atoms with Crippen LogP contribution in [0.2, 0.25) is 0 Å². The Bertz CT molecular complexity index is 924. The highest BCUT2D eigenvalue weighted by molar-refractivity contribution is 5.33. The number of hydrogen-bond donors (Lipinski definition) is 0. The summed E-state index contributed by atoms with van der Waals surface area (Å²) in [6.45, 7) is 2.41. The third-order valence-electron chi connectivity index (χ3n) is 6.77. The molecule has 0 N–H and O–H groups in total. The molecule has 3 atom stereocenters. The topological polar surface area (TPSA) is 21.7 Å². The molecular formula is C26H29F6NO2. The summed E-state index contributed by atoms with van der Waals surface area (Å²) in [5.41, 5.74) is -1.66. The molecule has 4 rings (SSSR count). The van der Waals surface area contributed by atoms with Crippen molar-refractivity contribution in [3.05, 3.63) is 70.8 Å². The number of hydrogen-bond acceptors (Lipinski definition) is 3. The van der Waals surface area contributed by atoms with Crippen molar-refractivity contribution in [3.8, 4) is 0 Å². The summed E-state index contributed by atoms with van der Waals surface area (Å²) in [7, 11) is 0. The largest absolute Gasteiger partial charge is 0.416 e. The van der Waals surface area contributed by atoms with Crippen molar-refractivity contribution in [1.29, 1.82) is 0 Å². The van der Waals surface area contributed by atoms with Crippen LogP contribution in [0.15, 0.2) is 48.5 Å². The molecule has 0 aromatic heterocycles. The average Bonchev–Trinajstić information content (AvgIpc) is 2.84. The second kappa shape index (κ2) is 10.9. The van der Waals surface area contributed by atoms with Crippen LogP contribution in [0.3, 0.4) is 0 Å². The van der Waals surface area contributed by atoms with Crippen LogP contribution in [0.5, 0.6) is 0 Å². The summed E-state index contributed by atoms with van der Waals surface area (Å²) in [5, 5.41) is 0. The van der Waals surface area contributed by atoms with E-state index < -0.39 is 29.8 Å². The highest BCUT2D eigenvalue weighted by Crippen LogP contribution is 2.38. The molecule has 0 bridgehead atoms. The molecule has 2 saturated heterocycles. The Hall–Kier alpha value is -2.10. The molecular weight excluding hydrogens is 472 g/mol. The molecule has 2 aliphatic heterocycles. The van der Waals surface area contributed by atoms with E-state index in [9.17, 15) is 26.3 Å². The van der Waals surface area contributed by atoms with E-state index in [0.717, 1.165) is 50.0 Å². The molecule has 2 heterocycles. The number of halogens is 6. The van der Waals surface area contributed by atoms with Gasteiger partial charge in [-0.15, -0.1) is 0 Å². The van der Waals surface area contributed by atoms with Crippen LogP contribution in [-0.2, 0) is 28.2 Å². The lowest BCUT2D eigenvalue weighted by molar-refractivity contribution is -0.191. The van der Waals surface area contributed by atoms with Gasteiger partial charge in [0.2, 0.25) is 0 Å². The van der Waals surface area contributed by atoms with Crippen molar-refractivity contribution in [2.24, 2.45) is 0 Å². The van der Waals surface area contributed by atoms with Crippen LogP contribution in [0.4, 0.5) is 26.3 Å². The van der Waals surface area contributed by atoms with Crippen molar-refractivity contribution in [3.63, 3.8) is 0 Å². The van der Waals surface area contributed by atoms with Gasteiger partial charge >= 0.3 is 12.4 Å². The molecule has 2 aliphatic rings. The summed E-state index contributed by atoms with van der Waals surface area (Å²) in [6, 6.07) is 11.7. The van der Waals surface area contributed by atoms with Crippen molar-refractivity contribution in [1.82, 2.24) is 4.90 Å². The fourth-order valence-electron chi connectivity index (χ4n) is 5.09. The van der Waals surface area contributed by atoms with Crippen molar-refractivity contribution in [2.45, 2.75) is 62.7 Å². The molecule has 0 radical (unpaired) electrons. The Balaban J connectivity index is 1.51. The van der Waals surface area contributed by atoms with Gasteiger partial charge in [0.25, 0.3) is 0 Å². The van der Waals surface area contributed by atoms with Crippen LogP contribution in [0.1, 0.15) is 53.9 Å². The van der Waals surface area contributed by atoms with Gasteiger partial charge in [-0.05, 0) is 68.1 Å². The lowest BCUT2D eigenvalue weighted by atomic mass is 9.85. The van der Waals surface area contributed by atoms with Crippen molar-refractivity contribution >= 4 is 0 Å². The lowest BCUT2D eigenvalue weighted by Gasteiger charge is -2.45. The second-order valence-electron chi connectivity index (χ2n) is 9.16. The van der Waals surface area contributed by atoms with Crippen molar-refractivity contribution in [2.75, 3.05) is 26.3 Å². The fourth-order valence-corrected chi connectivity index (χ4v) is 5.09. The molecule has 0 amide bonds. The first kappa shape index (κ1) is 26.0. The SMILES string of the molecule is FC(F)(F)c1cc(CCOC2OCC[C@@H](N3CCCCC3)[C@H]2c2ccccc2)cc(C(F)(F)F)c1. The van der Waals surface area contributed by atoms with Crippen LogP contribution in [-0.4, -0.2) is 43.5 Å². The molecule has 1 unspecified atom stereocenters. The minimum atomic E-state index is -4.87. The molecule has 2 aromatic carbocycles. The van der Waals surface area contributed by atoms with Gasteiger partial charge in [-0.2, -0.15) is 26.3 Å². The van der Waals surface area contributed by atoms with Gasteiger partial charge in [0.05, 0.1) is 30.3 Å². The van der Waals surface area contributed by atoms with E-state index in [0.29, 0.717) is 6.61 Å². The predicted octanol–water partition coefficient (Wildman–Crippen LogP) is 6.67. The Morgan fingerprint density at radius 3 is 2.09 bits per heavy atom. The highest BCUT2D eigenvalue weighted by atomic mass is 19.4. The third-order valence-corrected chi connectivity index (χ3v) is 6.77. The van der Waals surface area contributed by atoms with Gasteiger partial charge in [0.1, 0.15) is 0 Å². The number of rotatable bonds is 6. The number of nitrogens with zero attached hydrogens (tertiary/aromatic N) is 1. The molecule has 0 spiro atoms. The van der Waals surface area contributed by atoms with Gasteiger partial charge in [-0.1, -0.05) is 36.8 Å². The van der Waals surface area contributed by atoms with Gasteiger partial charge < -0.3 is 9.47 Å². The molecule has 192 valence electrons. The highest BCUT2D eigenvalue weighted by Gasteiger charge is 2.40. The molecule has 0 saturated carbocycles. The fraction of sp³-hybridized carbons (Fsp3) is 0.538. The summed E-state index contributed by atoms with van der Waals surface area (Å²) < 4.78 is 91.1. The maximum atomic E-state index is 13.2. The number of piperidine rings is 1. The van der Waals surface area contributed by atoms with Crippen LogP contribution in [0.25, 0.3) is 0 Å². The molecule has 9 heteroatoms. The predicted molar refractivity (Wildman–Crippen MR) is 119 cm³/mol. The number of benzene rings is 2. The lowest BCUT2D eigenvalue weighted by Crippen LogP contribution is -2.50. The van der Waals surface area contributed by atoms with E-state index in [4.69, 9.17) is 9.47 Å². The van der Waals surface area contributed by atoms with E-state index >= 15 is 0 Å². The smallest absolute Gasteiger partial charge is 0.352 e. The summed E-state index contributed by atoms with van der Waals surface area (Å²) in [4.78, 5) is 2.46. The average molecular weight is 502 g/mol. The molecule has 2 aromatic rings. The quantitative estimate of drug-likeness (QED) is 0.413. The molecule has 35 heavy (non-hydrogen) atoms. The van der Waals surface area contributed by atoms with Crippen LogP contribution < -0.4 is 0 Å². The van der Waals surface area contributed by atoms with E-state index in [1.165, 1.54) is 6.42 Å². The minimum absolute atomic E-state index is 0.0562. The Morgan fingerprint density at radius 2 is 1.49 bits per heavy atom. The normalized spacial score (nSPS) is 24.5. The molecule has 2 fully saturated rings. The molecule has 3 nitrogen and oxygen atoms in total. The molecule has 0 aliphatic carbocycles. The monoisotopic (exact) mass is 501 g/mol. The Labute approximate surface area is 201 Å². The van der Waals surface area contributed by atoms with Crippen LogP contribution >= 0.6 is 0 Å². The second-order valence-corrected chi connectivity index (χ2v) is 9.16. The summed E-state index contributed by atoms with van der Waals surface area (Å²) in [6.07, 6.45) is -6.18. The Kier molecular flexibility index (Phi) is 8.08. The van der Waals surface area contributed by atoms with Gasteiger partial charge in [0, 0.05) is 6.04 Å². The first-order chi connectivity index (χ1) is 16.6. The number of ether oxygens (including phenoxy) is 2. The van der Waals surface area contributed by atoms with Gasteiger partial charge in [-0.3, -0.25) is 4.90 Å². The van der Waals surface area contributed by atoms with Crippen LogP contribution in [0, 0.1) is 0 Å². The van der Waals surface area contributed by atoms with E-state index in [2.05, 4.69) is 4.90 Å². The standard InChI is InChI=1S/C26H29F6NO2/c27-25(28,29)20-15-18(16-21(17-20)26(30,31)32)9-13-34-24-23(19-7-3-1-4-8-19)22(10-14-35-24)33-11-5-2-6-12-33/h1,3-4,7-8,15-17,22-24H,2,5-6,9-14H2/t22-,23-,24?/m1/s1. The van der Waals surface area contributed by atoms with E-state index in [1.807, 2.05) is 30.3 Å². The zero-order valence-electron chi connectivity index (χ0n) is 19.2. The number of alkyl halides is 6. The first-order valence-corrected chi connectivity index (χ1v) is 11.9. The maximum Gasteiger partial charge on any atom is 0.416 e. The van der Waals surface area contributed by atoms with E-state index in [1.54, 1.807) is 0 Å². The maximum absolute atomic E-state index is 13.2. The zero-order chi connectivity index (χ0) is 25.1. The van der Waals surface area contributed by atoms with Crippen molar-refractivity contribution < 1.29 is 35.8 Å². The van der Waals surface area contributed by atoms with E-state index in [-0.39, 0.29) is 36.6 Å². The zero-order valence-corrected chi connectivity index (χ0v) is 19.2. The Morgan fingerprint density at radius 1 is 0.857 bits per heavy atom. The third kappa shape index (κ3) is 6.57. The first-order valence-electron chi connectivity index (χ1n) is 11.9. The number of likely N-dealkylation sites (tertiary alicyclic amines) is 1. The summed E-state index contributed by atoms with van der Waals surface area (Å²) >= 11 is 0. The summed E-state index contributed by atoms with van der Waals surface area (Å²) in [5.74, 6) is -0.102. The van der Waals surface area contributed by atoms with Gasteiger partial charge in [-0.25, -0.2) is 0 Å². The minimum Gasteiger partial charge on any atom is -0.352 e. The van der Waals surface area contributed by atoms with Gasteiger partial charge in [0.15, 0.2) is 6.29 Å².